The van der Waals surface area contributed by atoms with Crippen molar-refractivity contribution >= 4 is 17.9 Å². The van der Waals surface area contributed by atoms with Crippen LogP contribution >= 0.6 is 0 Å². The molecule has 1 spiro atoms. The Balaban J connectivity index is 0.000000569. The summed E-state index contributed by atoms with van der Waals surface area (Å²) in [6, 6.07) is 12.9. The Morgan fingerprint density at radius 2 is 1.92 bits per heavy atom. The number of pyridine rings is 1. The maximum atomic E-state index is 8.58. The molecule has 5 heteroatoms. The van der Waals surface area contributed by atoms with E-state index in [1.54, 1.807) is 11.1 Å². The van der Waals surface area contributed by atoms with Gasteiger partial charge in [0, 0.05) is 31.0 Å². The van der Waals surface area contributed by atoms with E-state index in [9.17, 15) is 0 Å². The Morgan fingerprint density at radius 1 is 1.24 bits per heavy atom. The summed E-state index contributed by atoms with van der Waals surface area (Å²) in [5.41, 5.74) is 14.4. The number of anilines is 2. The number of nitrogens with two attached hydrogens (primary N) is 2. The third-order valence-electron chi connectivity index (χ3n) is 5.57. The number of piperidine rings is 1. The minimum absolute atomic E-state index is 0.250. The van der Waals surface area contributed by atoms with E-state index in [2.05, 4.69) is 46.8 Å². The molecule has 132 valence electrons. The summed E-state index contributed by atoms with van der Waals surface area (Å²) in [7, 11) is 0. The van der Waals surface area contributed by atoms with Crippen molar-refractivity contribution in [3.63, 3.8) is 0 Å². The standard InChI is InChI=1S/C19H23N3.CH3NO/c1-14-13-19(17-5-3-2-4-16(14)17)7-10-22(11-8-19)18-12-15(20)6-9-21-18;2-1-3/h2-6,9,12,14H,7-8,10-11,13H2,1H3,(H2,20,21);1H,(H2,2,3). The maximum Gasteiger partial charge on any atom is 0.204 e. The molecule has 2 aliphatic rings. The van der Waals surface area contributed by atoms with Crippen LogP contribution < -0.4 is 16.4 Å². The summed E-state index contributed by atoms with van der Waals surface area (Å²) < 4.78 is 0. The molecule has 25 heavy (non-hydrogen) atoms. The molecule has 1 aromatic carbocycles. The highest BCUT2D eigenvalue weighted by molar-refractivity contribution is 5.51. The lowest BCUT2D eigenvalue weighted by Gasteiger charge is -2.41. The molecule has 1 unspecified atom stereocenters. The number of hydrogen-bond donors (Lipinski definition) is 2. The van der Waals surface area contributed by atoms with Gasteiger partial charge >= 0.3 is 0 Å². The Morgan fingerprint density at radius 3 is 2.60 bits per heavy atom. The average molecular weight is 338 g/mol. The van der Waals surface area contributed by atoms with Crippen LogP contribution in [0.4, 0.5) is 11.5 Å². The van der Waals surface area contributed by atoms with Crippen molar-refractivity contribution in [3.8, 4) is 0 Å². The molecule has 1 fully saturated rings. The number of benzene rings is 1. The van der Waals surface area contributed by atoms with Gasteiger partial charge in [0.25, 0.3) is 0 Å². The highest BCUT2D eigenvalue weighted by Crippen LogP contribution is 2.51. The lowest BCUT2D eigenvalue weighted by Crippen LogP contribution is -2.42. The predicted molar refractivity (Wildman–Crippen MR) is 101 cm³/mol. The van der Waals surface area contributed by atoms with Gasteiger partial charge in [-0.3, -0.25) is 4.79 Å². The first kappa shape index (κ1) is 17.3. The van der Waals surface area contributed by atoms with Gasteiger partial charge in [-0.2, -0.15) is 0 Å². The van der Waals surface area contributed by atoms with Crippen molar-refractivity contribution in [1.82, 2.24) is 4.98 Å². The van der Waals surface area contributed by atoms with Crippen molar-refractivity contribution in [2.75, 3.05) is 23.7 Å². The van der Waals surface area contributed by atoms with Gasteiger partial charge in [-0.05, 0) is 47.8 Å². The summed E-state index contributed by atoms with van der Waals surface area (Å²) in [4.78, 5) is 15.4. The van der Waals surface area contributed by atoms with E-state index in [0.717, 1.165) is 24.6 Å². The summed E-state index contributed by atoms with van der Waals surface area (Å²) in [6.45, 7) is 4.51. The topological polar surface area (TPSA) is 85.2 Å². The molecule has 1 aliphatic heterocycles. The summed E-state index contributed by atoms with van der Waals surface area (Å²) >= 11 is 0. The molecule has 1 aliphatic carbocycles. The second kappa shape index (κ2) is 7.13. The number of hydrogen-bond acceptors (Lipinski definition) is 4. The third-order valence-corrected chi connectivity index (χ3v) is 5.57. The highest BCUT2D eigenvalue weighted by atomic mass is 16.1. The van der Waals surface area contributed by atoms with Crippen molar-refractivity contribution in [1.29, 1.82) is 0 Å². The van der Waals surface area contributed by atoms with Gasteiger partial charge in [-0.1, -0.05) is 31.2 Å². The number of primary amides is 1. The van der Waals surface area contributed by atoms with E-state index < -0.39 is 0 Å². The Bertz CT molecular complexity index is 738. The number of fused-ring (bicyclic) bond motifs is 2. The van der Waals surface area contributed by atoms with Gasteiger partial charge < -0.3 is 16.4 Å². The fourth-order valence-corrected chi connectivity index (χ4v) is 4.46. The molecule has 2 heterocycles. The van der Waals surface area contributed by atoms with Crippen LogP contribution in [-0.4, -0.2) is 24.5 Å². The summed E-state index contributed by atoms with van der Waals surface area (Å²) in [5, 5.41) is 0. The largest absolute Gasteiger partial charge is 0.399 e. The highest BCUT2D eigenvalue weighted by Gasteiger charge is 2.43. The van der Waals surface area contributed by atoms with Crippen LogP contribution in [0.15, 0.2) is 42.6 Å². The van der Waals surface area contributed by atoms with E-state index in [1.807, 2.05) is 18.3 Å². The maximum absolute atomic E-state index is 8.58. The fourth-order valence-electron chi connectivity index (χ4n) is 4.46. The van der Waals surface area contributed by atoms with Gasteiger partial charge in [-0.25, -0.2) is 4.98 Å². The SMILES string of the molecule is CC1CC2(CCN(c3cc(N)ccn3)CC2)c2ccccc21.NC=O. The molecule has 1 aromatic heterocycles. The molecular formula is C20H26N4O. The average Bonchev–Trinajstić information content (AvgIpc) is 2.89. The zero-order valence-corrected chi connectivity index (χ0v) is 14.7. The van der Waals surface area contributed by atoms with E-state index in [1.165, 1.54) is 19.3 Å². The molecular weight excluding hydrogens is 312 g/mol. The molecule has 0 radical (unpaired) electrons. The van der Waals surface area contributed by atoms with Crippen molar-refractivity contribution in [2.24, 2.45) is 5.73 Å². The van der Waals surface area contributed by atoms with Gasteiger partial charge in [0.15, 0.2) is 0 Å². The van der Waals surface area contributed by atoms with E-state index in [4.69, 9.17) is 10.5 Å². The van der Waals surface area contributed by atoms with Gasteiger partial charge in [0.05, 0.1) is 0 Å². The molecule has 0 saturated carbocycles. The van der Waals surface area contributed by atoms with Crippen LogP contribution in [0, 0.1) is 0 Å². The van der Waals surface area contributed by atoms with Crippen LogP contribution in [0.1, 0.15) is 43.2 Å². The molecule has 1 amide bonds. The number of nitrogens with zero attached hydrogens (tertiary/aromatic N) is 2. The van der Waals surface area contributed by atoms with Gasteiger partial charge in [-0.15, -0.1) is 0 Å². The number of carbonyl (C=O) groups excluding carboxylic acids is 1. The number of rotatable bonds is 1. The van der Waals surface area contributed by atoms with Crippen LogP contribution in [-0.2, 0) is 10.2 Å². The zero-order chi connectivity index (χ0) is 17.9. The first-order valence-corrected chi connectivity index (χ1v) is 8.81. The Kier molecular flexibility index (Phi) is 4.93. The second-order valence-corrected chi connectivity index (χ2v) is 7.04. The minimum Gasteiger partial charge on any atom is -0.399 e. The monoisotopic (exact) mass is 338 g/mol. The number of carbonyl (C=O) groups is 1. The summed E-state index contributed by atoms with van der Waals surface area (Å²) in [5.74, 6) is 1.71. The lowest BCUT2D eigenvalue weighted by atomic mass is 9.73. The van der Waals surface area contributed by atoms with E-state index in [0.29, 0.717) is 11.3 Å². The first-order valence-electron chi connectivity index (χ1n) is 8.81. The van der Waals surface area contributed by atoms with Gasteiger partial charge in [0.1, 0.15) is 5.82 Å². The minimum atomic E-state index is 0.250. The lowest BCUT2D eigenvalue weighted by molar-refractivity contribution is -0.106. The molecule has 5 nitrogen and oxygen atoms in total. The van der Waals surface area contributed by atoms with Crippen LogP contribution in [0.25, 0.3) is 0 Å². The van der Waals surface area contributed by atoms with Crippen LogP contribution in [0.5, 0.6) is 0 Å². The number of amides is 1. The fraction of sp³-hybridized carbons (Fsp3) is 0.400. The third kappa shape index (κ3) is 3.31. The zero-order valence-electron chi connectivity index (χ0n) is 14.7. The smallest absolute Gasteiger partial charge is 0.204 e. The number of aromatic nitrogens is 1. The molecule has 2 aromatic rings. The first-order chi connectivity index (χ1) is 12.1. The second-order valence-electron chi connectivity index (χ2n) is 7.04. The molecule has 1 atom stereocenters. The molecule has 4 N–H and O–H groups in total. The van der Waals surface area contributed by atoms with Crippen molar-refractivity contribution in [2.45, 2.75) is 37.5 Å². The van der Waals surface area contributed by atoms with E-state index in [-0.39, 0.29) is 6.41 Å². The quantitative estimate of drug-likeness (QED) is 0.783. The number of nitrogen functional groups attached to an aromatic ring is 1. The molecule has 4 rings (SSSR count). The Labute approximate surface area is 149 Å². The predicted octanol–water partition coefficient (Wildman–Crippen LogP) is 2.81. The van der Waals surface area contributed by atoms with Crippen molar-refractivity contribution in [3.05, 3.63) is 53.7 Å². The Hall–Kier alpha value is -2.56. The van der Waals surface area contributed by atoms with Gasteiger partial charge in [0.2, 0.25) is 6.41 Å². The van der Waals surface area contributed by atoms with Crippen molar-refractivity contribution < 1.29 is 4.79 Å². The summed E-state index contributed by atoms with van der Waals surface area (Å²) in [6.07, 6.45) is 5.78. The van der Waals surface area contributed by atoms with Crippen LogP contribution in [0.2, 0.25) is 0 Å². The normalized spacial score (nSPS) is 20.5. The molecule has 1 saturated heterocycles. The van der Waals surface area contributed by atoms with E-state index >= 15 is 0 Å². The van der Waals surface area contributed by atoms with Crippen LogP contribution in [0.3, 0.4) is 0 Å². The molecule has 0 bridgehead atoms.